The quantitative estimate of drug-likeness (QED) is 0.287. The second-order valence-corrected chi connectivity index (χ2v) is 3.66. The number of hydrogen-bond donors (Lipinski definition) is 2. The number of ether oxygens (including phenoxy) is 1. The van der Waals surface area contributed by atoms with Crippen LogP contribution in [0.3, 0.4) is 0 Å². The zero-order valence-corrected chi connectivity index (χ0v) is 10.1. The lowest BCUT2D eigenvalue weighted by Gasteiger charge is -2.26. The molecule has 0 unspecified atom stereocenters. The van der Waals surface area contributed by atoms with E-state index in [0.29, 0.717) is 19.6 Å². The van der Waals surface area contributed by atoms with Gasteiger partial charge < -0.3 is 20.6 Å². The van der Waals surface area contributed by atoms with Crippen LogP contribution in [0.1, 0.15) is 27.2 Å². The molecule has 0 bridgehead atoms. The smallest absolute Gasteiger partial charge is 0.248 e. The van der Waals surface area contributed by atoms with Crippen LogP contribution < -0.4 is 5.73 Å². The molecule has 1 amide bonds. The van der Waals surface area contributed by atoms with E-state index in [1.54, 1.807) is 4.90 Å². The molecule has 0 aromatic rings. The van der Waals surface area contributed by atoms with Crippen LogP contribution in [0.15, 0.2) is 5.16 Å². The summed E-state index contributed by atoms with van der Waals surface area (Å²) in [5, 5.41) is 11.3. The maximum absolute atomic E-state index is 11.7. The van der Waals surface area contributed by atoms with Crippen molar-refractivity contribution in [3.05, 3.63) is 0 Å². The Morgan fingerprint density at radius 1 is 1.56 bits per heavy atom. The minimum atomic E-state index is -0.0809. The van der Waals surface area contributed by atoms with E-state index in [9.17, 15) is 4.79 Å². The fourth-order valence-corrected chi connectivity index (χ4v) is 1.23. The SMILES string of the molecule is CCOCC(=O)N(CCC(N)=NO)C(C)C. The fourth-order valence-electron chi connectivity index (χ4n) is 1.23. The number of amides is 1. The molecule has 0 radical (unpaired) electrons. The molecular weight excluding hydrogens is 210 g/mol. The zero-order valence-electron chi connectivity index (χ0n) is 10.1. The average Bonchev–Trinajstić information content (AvgIpc) is 2.25. The van der Waals surface area contributed by atoms with Crippen molar-refractivity contribution in [1.82, 2.24) is 4.90 Å². The molecule has 6 nitrogen and oxygen atoms in total. The Bertz CT molecular complexity index is 241. The van der Waals surface area contributed by atoms with Gasteiger partial charge in [0.1, 0.15) is 12.4 Å². The summed E-state index contributed by atoms with van der Waals surface area (Å²) >= 11 is 0. The van der Waals surface area contributed by atoms with Crippen LogP contribution in [0.5, 0.6) is 0 Å². The van der Waals surface area contributed by atoms with E-state index >= 15 is 0 Å². The van der Waals surface area contributed by atoms with E-state index in [1.807, 2.05) is 20.8 Å². The number of carbonyl (C=O) groups excluding carboxylic acids is 1. The Kier molecular flexibility index (Phi) is 7.28. The fraction of sp³-hybridized carbons (Fsp3) is 0.800. The van der Waals surface area contributed by atoms with Crippen LogP contribution in [-0.4, -0.2) is 47.7 Å². The second-order valence-electron chi connectivity index (χ2n) is 3.66. The van der Waals surface area contributed by atoms with Gasteiger partial charge in [0.2, 0.25) is 5.91 Å². The topological polar surface area (TPSA) is 88.2 Å². The van der Waals surface area contributed by atoms with Crippen molar-refractivity contribution in [1.29, 1.82) is 0 Å². The van der Waals surface area contributed by atoms with Gasteiger partial charge in [-0.1, -0.05) is 5.16 Å². The molecule has 0 spiro atoms. The summed E-state index contributed by atoms with van der Waals surface area (Å²) in [5.41, 5.74) is 5.35. The van der Waals surface area contributed by atoms with E-state index in [-0.39, 0.29) is 24.4 Å². The predicted molar refractivity (Wildman–Crippen MR) is 61.4 cm³/mol. The lowest BCUT2D eigenvalue weighted by atomic mass is 10.2. The molecule has 0 heterocycles. The van der Waals surface area contributed by atoms with Crippen molar-refractivity contribution in [3.63, 3.8) is 0 Å². The monoisotopic (exact) mass is 231 g/mol. The molecular formula is C10H21N3O3. The van der Waals surface area contributed by atoms with Crippen LogP contribution >= 0.6 is 0 Å². The van der Waals surface area contributed by atoms with Gasteiger partial charge in [0.25, 0.3) is 0 Å². The van der Waals surface area contributed by atoms with Gasteiger partial charge in [0, 0.05) is 25.6 Å². The van der Waals surface area contributed by atoms with Gasteiger partial charge in [0.15, 0.2) is 0 Å². The number of hydrogen-bond acceptors (Lipinski definition) is 4. The lowest BCUT2D eigenvalue weighted by Crippen LogP contribution is -2.41. The second kappa shape index (κ2) is 7.92. The van der Waals surface area contributed by atoms with Gasteiger partial charge in [-0.25, -0.2) is 0 Å². The number of rotatable bonds is 7. The predicted octanol–water partition coefficient (Wildman–Crippen LogP) is 0.396. The van der Waals surface area contributed by atoms with Crippen molar-refractivity contribution in [3.8, 4) is 0 Å². The summed E-state index contributed by atoms with van der Waals surface area (Å²) in [6, 6.07) is 0.0689. The molecule has 0 fully saturated rings. The standard InChI is InChI=1S/C10H21N3O3/c1-4-16-7-10(14)13(8(2)3)6-5-9(11)12-15/h8,15H,4-7H2,1-3H3,(H2,11,12). The van der Waals surface area contributed by atoms with E-state index < -0.39 is 0 Å². The molecule has 0 atom stereocenters. The van der Waals surface area contributed by atoms with E-state index in [0.717, 1.165) is 0 Å². The number of carbonyl (C=O) groups is 1. The number of nitrogens with two attached hydrogens (primary N) is 1. The summed E-state index contributed by atoms with van der Waals surface area (Å²) in [4.78, 5) is 13.3. The molecule has 94 valence electrons. The van der Waals surface area contributed by atoms with Gasteiger partial charge >= 0.3 is 0 Å². The summed E-state index contributed by atoms with van der Waals surface area (Å²) in [5.74, 6) is 0.0393. The third-order valence-electron chi connectivity index (χ3n) is 2.11. The molecule has 0 aliphatic heterocycles. The van der Waals surface area contributed by atoms with Crippen LogP contribution in [0.25, 0.3) is 0 Å². The van der Waals surface area contributed by atoms with Gasteiger partial charge in [-0.3, -0.25) is 4.79 Å². The van der Waals surface area contributed by atoms with Gasteiger partial charge in [-0.15, -0.1) is 0 Å². The van der Waals surface area contributed by atoms with Crippen molar-refractivity contribution in [2.75, 3.05) is 19.8 Å². The first kappa shape index (κ1) is 14.7. The Labute approximate surface area is 96.0 Å². The maximum atomic E-state index is 11.7. The van der Waals surface area contributed by atoms with E-state index in [1.165, 1.54) is 0 Å². The van der Waals surface area contributed by atoms with E-state index in [2.05, 4.69) is 5.16 Å². The first-order valence-corrected chi connectivity index (χ1v) is 5.36. The molecule has 0 aromatic carbocycles. The van der Waals surface area contributed by atoms with Crippen molar-refractivity contribution >= 4 is 11.7 Å². The third kappa shape index (κ3) is 5.55. The van der Waals surface area contributed by atoms with Crippen molar-refractivity contribution < 1.29 is 14.7 Å². The van der Waals surface area contributed by atoms with Crippen LogP contribution in [0.2, 0.25) is 0 Å². The Morgan fingerprint density at radius 2 is 2.19 bits per heavy atom. The highest BCUT2D eigenvalue weighted by Crippen LogP contribution is 2.01. The molecule has 6 heteroatoms. The molecule has 3 N–H and O–H groups in total. The molecule has 0 aromatic heterocycles. The average molecular weight is 231 g/mol. The largest absolute Gasteiger partial charge is 0.409 e. The number of amidine groups is 1. The molecule has 0 saturated heterocycles. The van der Waals surface area contributed by atoms with Crippen LogP contribution in [-0.2, 0) is 9.53 Å². The summed E-state index contributed by atoms with van der Waals surface area (Å²) in [6.45, 7) is 6.68. The molecule has 0 saturated carbocycles. The van der Waals surface area contributed by atoms with Crippen molar-refractivity contribution in [2.45, 2.75) is 33.2 Å². The van der Waals surface area contributed by atoms with Gasteiger partial charge in [0.05, 0.1) is 0 Å². The minimum Gasteiger partial charge on any atom is -0.409 e. The molecule has 0 rings (SSSR count). The van der Waals surface area contributed by atoms with Crippen LogP contribution in [0, 0.1) is 0 Å². The Morgan fingerprint density at radius 3 is 2.62 bits per heavy atom. The minimum absolute atomic E-state index is 0.0689. The van der Waals surface area contributed by atoms with Crippen LogP contribution in [0.4, 0.5) is 0 Å². The normalized spacial score (nSPS) is 11.9. The Hall–Kier alpha value is -1.30. The van der Waals surface area contributed by atoms with Crippen molar-refractivity contribution in [2.24, 2.45) is 10.9 Å². The molecule has 0 aliphatic carbocycles. The highest BCUT2D eigenvalue weighted by atomic mass is 16.5. The summed E-state index contributed by atoms with van der Waals surface area (Å²) in [6.07, 6.45) is 0.354. The highest BCUT2D eigenvalue weighted by molar-refractivity contribution is 5.81. The molecule has 0 aliphatic rings. The lowest BCUT2D eigenvalue weighted by molar-refractivity contribution is -0.137. The number of oxime groups is 1. The first-order chi connectivity index (χ1) is 7.52. The maximum Gasteiger partial charge on any atom is 0.248 e. The number of nitrogens with zero attached hydrogens (tertiary/aromatic N) is 2. The zero-order chi connectivity index (χ0) is 12.6. The Balaban J connectivity index is 4.21. The van der Waals surface area contributed by atoms with Gasteiger partial charge in [-0.2, -0.15) is 0 Å². The summed E-state index contributed by atoms with van der Waals surface area (Å²) < 4.78 is 5.06. The first-order valence-electron chi connectivity index (χ1n) is 5.36. The van der Waals surface area contributed by atoms with Gasteiger partial charge in [-0.05, 0) is 20.8 Å². The summed E-state index contributed by atoms with van der Waals surface area (Å²) in [7, 11) is 0. The molecule has 16 heavy (non-hydrogen) atoms. The van der Waals surface area contributed by atoms with E-state index in [4.69, 9.17) is 15.7 Å². The third-order valence-corrected chi connectivity index (χ3v) is 2.11. The highest BCUT2D eigenvalue weighted by Gasteiger charge is 2.16.